The van der Waals surface area contributed by atoms with Crippen molar-refractivity contribution in [3.63, 3.8) is 0 Å². The lowest BCUT2D eigenvalue weighted by Gasteiger charge is -2.33. The molecule has 0 heterocycles. The standard InChI is InChI=1S/C30H34Cl2FN3O4S/c1-5-21(4)34-30(38)28(6-2)35(18-22-9-16-26(31)27(32)17-22)29(37)19-36(24-12-10-23(33)11-13-24)41(39,40)25-14-7-20(3)8-15-25/h7-17,21,28H,5-6,18-19H2,1-4H3,(H,34,38). The zero-order chi connectivity index (χ0) is 30.3. The number of hydrogen-bond donors (Lipinski definition) is 1. The molecule has 3 rings (SSSR count). The molecular weight excluding hydrogens is 588 g/mol. The molecule has 0 radical (unpaired) electrons. The first-order valence-corrected chi connectivity index (χ1v) is 15.5. The summed E-state index contributed by atoms with van der Waals surface area (Å²) in [7, 11) is -4.25. The molecule has 2 amide bonds. The Balaban J connectivity index is 2.07. The van der Waals surface area contributed by atoms with Crippen molar-refractivity contribution in [2.75, 3.05) is 10.8 Å². The maximum Gasteiger partial charge on any atom is 0.264 e. The van der Waals surface area contributed by atoms with Gasteiger partial charge in [0.15, 0.2) is 0 Å². The zero-order valence-corrected chi connectivity index (χ0v) is 25.7. The Morgan fingerprint density at radius 2 is 1.56 bits per heavy atom. The number of anilines is 1. The molecule has 2 atom stereocenters. The van der Waals surface area contributed by atoms with Crippen molar-refractivity contribution >= 4 is 50.7 Å². The van der Waals surface area contributed by atoms with Gasteiger partial charge < -0.3 is 10.2 Å². The van der Waals surface area contributed by atoms with Crippen molar-refractivity contribution < 1.29 is 22.4 Å². The summed E-state index contributed by atoms with van der Waals surface area (Å²) in [6, 6.07) is 14.9. The number of hydrogen-bond acceptors (Lipinski definition) is 4. The molecule has 0 aliphatic rings. The van der Waals surface area contributed by atoms with Crippen molar-refractivity contribution in [2.45, 2.75) is 64.1 Å². The molecule has 11 heteroatoms. The van der Waals surface area contributed by atoms with E-state index >= 15 is 0 Å². The van der Waals surface area contributed by atoms with Gasteiger partial charge in [-0.15, -0.1) is 0 Å². The third-order valence-corrected chi connectivity index (χ3v) is 9.25. The van der Waals surface area contributed by atoms with E-state index in [-0.39, 0.29) is 40.5 Å². The summed E-state index contributed by atoms with van der Waals surface area (Å²) in [4.78, 5) is 28.7. The molecule has 0 aliphatic carbocycles. The molecule has 1 N–H and O–H groups in total. The Bertz CT molecular complexity index is 1470. The summed E-state index contributed by atoms with van der Waals surface area (Å²) < 4.78 is 42.4. The molecule has 3 aromatic rings. The fourth-order valence-electron chi connectivity index (χ4n) is 4.17. The summed E-state index contributed by atoms with van der Waals surface area (Å²) in [5.41, 5.74) is 1.57. The van der Waals surface area contributed by atoms with Crippen LogP contribution in [0.1, 0.15) is 44.7 Å². The second-order valence-electron chi connectivity index (χ2n) is 9.81. The van der Waals surface area contributed by atoms with Gasteiger partial charge in [-0.1, -0.05) is 60.8 Å². The van der Waals surface area contributed by atoms with Gasteiger partial charge in [0.25, 0.3) is 10.0 Å². The number of amides is 2. The van der Waals surface area contributed by atoms with E-state index < -0.39 is 34.3 Å². The van der Waals surface area contributed by atoms with Crippen LogP contribution in [0.4, 0.5) is 10.1 Å². The smallest absolute Gasteiger partial charge is 0.264 e. The number of sulfonamides is 1. The zero-order valence-electron chi connectivity index (χ0n) is 23.4. The third-order valence-electron chi connectivity index (χ3n) is 6.73. The number of rotatable bonds is 12. The number of nitrogens with zero attached hydrogens (tertiary/aromatic N) is 2. The average Bonchev–Trinajstić information content (AvgIpc) is 2.94. The van der Waals surface area contributed by atoms with Crippen LogP contribution in [0.25, 0.3) is 0 Å². The summed E-state index contributed by atoms with van der Waals surface area (Å²) in [5, 5.41) is 3.54. The Labute approximate surface area is 251 Å². The van der Waals surface area contributed by atoms with Crippen LogP contribution < -0.4 is 9.62 Å². The molecule has 220 valence electrons. The lowest BCUT2D eigenvalue weighted by atomic mass is 10.1. The first-order valence-electron chi connectivity index (χ1n) is 13.3. The van der Waals surface area contributed by atoms with Crippen molar-refractivity contribution in [3.8, 4) is 0 Å². The van der Waals surface area contributed by atoms with Crippen LogP contribution in [0.5, 0.6) is 0 Å². The number of benzene rings is 3. The Morgan fingerprint density at radius 1 is 0.927 bits per heavy atom. The van der Waals surface area contributed by atoms with E-state index in [1.807, 2.05) is 20.8 Å². The van der Waals surface area contributed by atoms with Crippen LogP contribution in [0, 0.1) is 12.7 Å². The SMILES string of the molecule is CCC(C)NC(=O)C(CC)N(Cc1ccc(Cl)c(Cl)c1)C(=O)CN(c1ccc(F)cc1)S(=O)(=O)c1ccc(C)cc1. The van der Waals surface area contributed by atoms with E-state index in [1.54, 1.807) is 37.3 Å². The van der Waals surface area contributed by atoms with E-state index in [9.17, 15) is 22.4 Å². The highest BCUT2D eigenvalue weighted by atomic mass is 35.5. The number of carbonyl (C=O) groups is 2. The maximum absolute atomic E-state index is 14.0. The molecule has 0 fully saturated rings. The third kappa shape index (κ3) is 8.21. The highest BCUT2D eigenvalue weighted by molar-refractivity contribution is 7.92. The fourth-order valence-corrected chi connectivity index (χ4v) is 5.90. The van der Waals surface area contributed by atoms with Crippen molar-refractivity contribution in [1.29, 1.82) is 0 Å². The Kier molecular flexibility index (Phi) is 11.2. The predicted molar refractivity (Wildman–Crippen MR) is 161 cm³/mol. The second-order valence-corrected chi connectivity index (χ2v) is 12.5. The molecule has 0 saturated heterocycles. The minimum atomic E-state index is -4.25. The van der Waals surface area contributed by atoms with Crippen LogP contribution >= 0.6 is 23.2 Å². The van der Waals surface area contributed by atoms with E-state index in [2.05, 4.69) is 5.32 Å². The fraction of sp³-hybridized carbons (Fsp3) is 0.333. The van der Waals surface area contributed by atoms with Gasteiger partial charge in [0.2, 0.25) is 11.8 Å². The molecule has 0 spiro atoms. The minimum absolute atomic E-state index is 0.0238. The van der Waals surface area contributed by atoms with Crippen LogP contribution in [0.3, 0.4) is 0 Å². The first kappa shape index (κ1) is 32.4. The van der Waals surface area contributed by atoms with Gasteiger partial charge in [0.1, 0.15) is 18.4 Å². The molecule has 41 heavy (non-hydrogen) atoms. The minimum Gasteiger partial charge on any atom is -0.352 e. The van der Waals surface area contributed by atoms with Gasteiger partial charge in [-0.05, 0) is 80.8 Å². The van der Waals surface area contributed by atoms with E-state index in [4.69, 9.17) is 23.2 Å². The van der Waals surface area contributed by atoms with Crippen LogP contribution in [-0.2, 0) is 26.2 Å². The van der Waals surface area contributed by atoms with Crippen LogP contribution in [0.15, 0.2) is 71.6 Å². The summed E-state index contributed by atoms with van der Waals surface area (Å²) in [6.07, 6.45) is 0.965. The first-order chi connectivity index (χ1) is 19.4. The van der Waals surface area contributed by atoms with Gasteiger partial charge in [0.05, 0.1) is 20.6 Å². The quantitative estimate of drug-likeness (QED) is 0.255. The topological polar surface area (TPSA) is 86.8 Å². The van der Waals surface area contributed by atoms with Crippen molar-refractivity contribution in [2.24, 2.45) is 0 Å². The van der Waals surface area contributed by atoms with E-state index in [0.29, 0.717) is 17.0 Å². The number of aryl methyl sites for hydroxylation is 1. The molecule has 0 saturated carbocycles. The highest BCUT2D eigenvalue weighted by Gasteiger charge is 2.34. The number of carbonyl (C=O) groups excluding carboxylic acids is 2. The molecule has 7 nitrogen and oxygen atoms in total. The molecular formula is C30H34Cl2FN3O4S. The van der Waals surface area contributed by atoms with Crippen LogP contribution in [-0.4, -0.2) is 43.8 Å². The second kappa shape index (κ2) is 14.2. The Hall–Kier alpha value is -3.14. The van der Waals surface area contributed by atoms with E-state index in [1.165, 1.54) is 29.2 Å². The molecule has 0 aliphatic heterocycles. The number of nitrogens with one attached hydrogen (secondary N) is 1. The van der Waals surface area contributed by atoms with Gasteiger partial charge in [-0.3, -0.25) is 13.9 Å². The predicted octanol–water partition coefficient (Wildman–Crippen LogP) is 6.36. The van der Waals surface area contributed by atoms with E-state index in [0.717, 1.165) is 22.0 Å². The lowest BCUT2D eigenvalue weighted by Crippen LogP contribution is -2.53. The number of halogens is 3. The van der Waals surface area contributed by atoms with Crippen molar-refractivity contribution in [3.05, 3.63) is 93.7 Å². The van der Waals surface area contributed by atoms with Gasteiger partial charge >= 0.3 is 0 Å². The van der Waals surface area contributed by atoms with Gasteiger partial charge in [-0.2, -0.15) is 0 Å². The molecule has 0 aromatic heterocycles. The maximum atomic E-state index is 14.0. The highest BCUT2D eigenvalue weighted by Crippen LogP contribution is 2.27. The Morgan fingerprint density at radius 3 is 2.12 bits per heavy atom. The summed E-state index contributed by atoms with van der Waals surface area (Å²) >= 11 is 12.3. The van der Waals surface area contributed by atoms with Crippen molar-refractivity contribution in [1.82, 2.24) is 10.2 Å². The molecule has 0 bridgehead atoms. The van der Waals surface area contributed by atoms with Gasteiger partial charge in [0, 0.05) is 12.6 Å². The van der Waals surface area contributed by atoms with Gasteiger partial charge in [-0.25, -0.2) is 12.8 Å². The summed E-state index contributed by atoms with van der Waals surface area (Å²) in [5.74, 6) is -1.53. The normalized spacial score (nSPS) is 12.9. The van der Waals surface area contributed by atoms with Crippen LogP contribution in [0.2, 0.25) is 10.0 Å². The lowest BCUT2D eigenvalue weighted by molar-refractivity contribution is -0.140. The largest absolute Gasteiger partial charge is 0.352 e. The average molecular weight is 623 g/mol. The molecule has 2 unspecified atom stereocenters. The molecule has 3 aromatic carbocycles. The monoisotopic (exact) mass is 621 g/mol. The summed E-state index contributed by atoms with van der Waals surface area (Å²) in [6.45, 7) is 6.74.